The number of thiocarbonyl (C=S) groups is 1. The predicted molar refractivity (Wildman–Crippen MR) is 88.6 cm³/mol. The smallest absolute Gasteiger partial charge is 0.231 e. The fourth-order valence-corrected chi connectivity index (χ4v) is 2.34. The molecule has 0 aromatic heterocycles. The number of nitrogens with one attached hydrogen (secondary N) is 2. The molecule has 0 bridgehead atoms. The van der Waals surface area contributed by atoms with Crippen LogP contribution in [0.15, 0.2) is 36.4 Å². The standard InChI is InChI=1S/C15H13ClN2O2S/c1-9-6-10(2-4-12(9)16)17-15(21)18-11-3-5-13-14(7-11)20-8-19-13/h2-7H,8H2,1H3,(H2,17,18,21). The fraction of sp³-hybridized carbons (Fsp3) is 0.133. The molecule has 4 nitrogen and oxygen atoms in total. The first-order chi connectivity index (χ1) is 10.1. The monoisotopic (exact) mass is 320 g/mol. The molecule has 0 saturated heterocycles. The molecular formula is C15H13ClN2O2S. The van der Waals surface area contributed by atoms with Crippen LogP contribution < -0.4 is 20.1 Å². The molecule has 21 heavy (non-hydrogen) atoms. The topological polar surface area (TPSA) is 42.5 Å². The number of hydrogen-bond acceptors (Lipinski definition) is 3. The minimum absolute atomic E-state index is 0.255. The maximum absolute atomic E-state index is 6.00. The van der Waals surface area contributed by atoms with Crippen LogP contribution in [-0.2, 0) is 0 Å². The summed E-state index contributed by atoms with van der Waals surface area (Å²) >= 11 is 11.3. The SMILES string of the molecule is Cc1cc(NC(=S)Nc2ccc3c(c2)OCO3)ccc1Cl. The first kappa shape index (κ1) is 14.0. The van der Waals surface area contributed by atoms with Gasteiger partial charge >= 0.3 is 0 Å². The molecule has 0 aliphatic carbocycles. The van der Waals surface area contributed by atoms with Crippen LogP contribution in [0.3, 0.4) is 0 Å². The van der Waals surface area contributed by atoms with Crippen LogP contribution in [0.1, 0.15) is 5.56 Å². The van der Waals surface area contributed by atoms with Gasteiger partial charge in [0.05, 0.1) is 0 Å². The van der Waals surface area contributed by atoms with E-state index >= 15 is 0 Å². The van der Waals surface area contributed by atoms with E-state index in [1.54, 1.807) is 0 Å². The van der Waals surface area contributed by atoms with Crippen molar-refractivity contribution in [1.29, 1.82) is 0 Å². The third-order valence-corrected chi connectivity index (χ3v) is 3.67. The average Bonchev–Trinajstić information content (AvgIpc) is 2.90. The minimum Gasteiger partial charge on any atom is -0.454 e. The van der Waals surface area contributed by atoms with Crippen LogP contribution in [0, 0.1) is 6.92 Å². The fourth-order valence-electron chi connectivity index (χ4n) is 1.99. The van der Waals surface area contributed by atoms with E-state index in [9.17, 15) is 0 Å². The van der Waals surface area contributed by atoms with E-state index in [1.165, 1.54) is 0 Å². The van der Waals surface area contributed by atoms with Gasteiger partial charge in [-0.15, -0.1) is 0 Å². The number of rotatable bonds is 2. The van der Waals surface area contributed by atoms with Crippen LogP contribution >= 0.6 is 23.8 Å². The Kier molecular flexibility index (Phi) is 3.86. The summed E-state index contributed by atoms with van der Waals surface area (Å²) in [6.07, 6.45) is 0. The highest BCUT2D eigenvalue weighted by molar-refractivity contribution is 7.80. The van der Waals surface area contributed by atoms with Crippen LogP contribution in [0.5, 0.6) is 11.5 Å². The lowest BCUT2D eigenvalue weighted by molar-refractivity contribution is 0.174. The van der Waals surface area contributed by atoms with Crippen molar-refractivity contribution < 1.29 is 9.47 Å². The molecule has 3 rings (SSSR count). The predicted octanol–water partition coefficient (Wildman–Crippen LogP) is 4.19. The Labute approximate surface area is 133 Å². The molecule has 0 saturated carbocycles. The number of benzene rings is 2. The molecule has 0 amide bonds. The van der Waals surface area contributed by atoms with E-state index in [1.807, 2.05) is 43.3 Å². The first-order valence-corrected chi connectivity index (χ1v) is 7.14. The number of hydrogen-bond donors (Lipinski definition) is 2. The Morgan fingerprint density at radius 3 is 2.48 bits per heavy atom. The van der Waals surface area contributed by atoms with Crippen molar-refractivity contribution in [3.8, 4) is 11.5 Å². The third kappa shape index (κ3) is 3.20. The number of halogens is 1. The van der Waals surface area contributed by atoms with E-state index in [0.717, 1.165) is 27.7 Å². The van der Waals surface area contributed by atoms with E-state index in [-0.39, 0.29) is 6.79 Å². The summed E-state index contributed by atoms with van der Waals surface area (Å²) in [5, 5.41) is 7.45. The number of anilines is 2. The zero-order valence-corrected chi connectivity index (χ0v) is 12.8. The Bertz CT molecular complexity index is 706. The Morgan fingerprint density at radius 1 is 1.05 bits per heavy atom. The maximum atomic E-state index is 6.00. The largest absolute Gasteiger partial charge is 0.454 e. The van der Waals surface area contributed by atoms with Gasteiger partial charge in [-0.05, 0) is 55.0 Å². The number of aryl methyl sites for hydroxylation is 1. The lowest BCUT2D eigenvalue weighted by Gasteiger charge is -2.12. The highest BCUT2D eigenvalue weighted by Gasteiger charge is 2.13. The molecule has 2 aromatic carbocycles. The minimum atomic E-state index is 0.255. The van der Waals surface area contributed by atoms with Crippen molar-refractivity contribution in [3.05, 3.63) is 47.0 Å². The molecule has 1 aliphatic rings. The van der Waals surface area contributed by atoms with Gasteiger partial charge in [-0.1, -0.05) is 11.6 Å². The van der Waals surface area contributed by atoms with Crippen LogP contribution in [0.4, 0.5) is 11.4 Å². The average molecular weight is 321 g/mol. The molecule has 108 valence electrons. The summed E-state index contributed by atoms with van der Waals surface area (Å²) in [5.41, 5.74) is 2.71. The second-order valence-corrected chi connectivity index (χ2v) is 5.43. The van der Waals surface area contributed by atoms with Gasteiger partial charge in [-0.25, -0.2) is 0 Å². The lowest BCUT2D eigenvalue weighted by atomic mass is 10.2. The van der Waals surface area contributed by atoms with Gasteiger partial charge in [0.2, 0.25) is 6.79 Å². The van der Waals surface area contributed by atoms with Gasteiger partial charge < -0.3 is 20.1 Å². The second kappa shape index (κ2) is 5.79. The van der Waals surface area contributed by atoms with E-state index in [0.29, 0.717) is 10.9 Å². The van der Waals surface area contributed by atoms with Gasteiger partial charge in [0, 0.05) is 22.5 Å². The molecule has 6 heteroatoms. The van der Waals surface area contributed by atoms with Crippen molar-refractivity contribution in [2.24, 2.45) is 0 Å². The maximum Gasteiger partial charge on any atom is 0.231 e. The number of ether oxygens (including phenoxy) is 2. The van der Waals surface area contributed by atoms with Crippen LogP contribution in [0.2, 0.25) is 5.02 Å². The quantitative estimate of drug-likeness (QED) is 0.812. The van der Waals surface area contributed by atoms with Gasteiger partial charge in [0.1, 0.15) is 0 Å². The second-order valence-electron chi connectivity index (χ2n) is 4.61. The summed E-state index contributed by atoms with van der Waals surface area (Å²) in [6.45, 7) is 2.20. The molecule has 1 aliphatic heterocycles. The molecular weight excluding hydrogens is 308 g/mol. The van der Waals surface area contributed by atoms with Crippen molar-refractivity contribution in [1.82, 2.24) is 0 Å². The molecule has 0 unspecified atom stereocenters. The van der Waals surface area contributed by atoms with Gasteiger partial charge in [0.25, 0.3) is 0 Å². The lowest BCUT2D eigenvalue weighted by Crippen LogP contribution is -2.19. The van der Waals surface area contributed by atoms with Crippen molar-refractivity contribution in [2.75, 3.05) is 17.4 Å². The zero-order chi connectivity index (χ0) is 14.8. The zero-order valence-electron chi connectivity index (χ0n) is 11.3. The summed E-state index contributed by atoms with van der Waals surface area (Å²) < 4.78 is 10.6. The summed E-state index contributed by atoms with van der Waals surface area (Å²) in [4.78, 5) is 0. The summed E-state index contributed by atoms with van der Waals surface area (Å²) in [6, 6.07) is 11.2. The van der Waals surface area contributed by atoms with E-state index in [2.05, 4.69) is 10.6 Å². The van der Waals surface area contributed by atoms with Crippen molar-refractivity contribution in [2.45, 2.75) is 6.92 Å². The highest BCUT2D eigenvalue weighted by Crippen LogP contribution is 2.34. The van der Waals surface area contributed by atoms with Crippen molar-refractivity contribution in [3.63, 3.8) is 0 Å². The molecule has 0 spiro atoms. The van der Waals surface area contributed by atoms with Crippen molar-refractivity contribution >= 4 is 40.3 Å². The molecule has 0 radical (unpaired) electrons. The van der Waals surface area contributed by atoms with E-state index in [4.69, 9.17) is 33.3 Å². The third-order valence-electron chi connectivity index (χ3n) is 3.05. The highest BCUT2D eigenvalue weighted by atomic mass is 35.5. The first-order valence-electron chi connectivity index (χ1n) is 6.35. The Balaban J connectivity index is 1.67. The summed E-state index contributed by atoms with van der Waals surface area (Å²) in [5.74, 6) is 1.46. The molecule has 0 atom stereocenters. The molecule has 1 heterocycles. The summed E-state index contributed by atoms with van der Waals surface area (Å²) in [7, 11) is 0. The van der Waals surface area contributed by atoms with E-state index < -0.39 is 0 Å². The normalized spacial score (nSPS) is 12.1. The molecule has 0 fully saturated rings. The molecule has 2 N–H and O–H groups in total. The Hall–Kier alpha value is -1.98. The van der Waals surface area contributed by atoms with Crippen LogP contribution in [0.25, 0.3) is 0 Å². The van der Waals surface area contributed by atoms with Gasteiger partial charge in [-0.3, -0.25) is 0 Å². The van der Waals surface area contributed by atoms with Gasteiger partial charge in [0.15, 0.2) is 16.6 Å². The van der Waals surface area contributed by atoms with Gasteiger partial charge in [-0.2, -0.15) is 0 Å². The van der Waals surface area contributed by atoms with Crippen LogP contribution in [-0.4, -0.2) is 11.9 Å². The number of fused-ring (bicyclic) bond motifs is 1. The Morgan fingerprint density at radius 2 is 1.71 bits per heavy atom. The molecule has 2 aromatic rings.